The average molecular weight is 386 g/mol. The van der Waals surface area contributed by atoms with Gasteiger partial charge in [0.05, 0.1) is 12.5 Å². The van der Waals surface area contributed by atoms with E-state index in [1.54, 1.807) is 0 Å². The summed E-state index contributed by atoms with van der Waals surface area (Å²) < 4.78 is 50.5. The lowest BCUT2D eigenvalue weighted by atomic mass is 10.1. The van der Waals surface area contributed by atoms with Gasteiger partial charge in [0.15, 0.2) is 5.78 Å². The lowest BCUT2D eigenvalue weighted by Crippen LogP contribution is -2.35. The number of hydrogen-bond donors (Lipinski definition) is 1. The molecule has 10 heteroatoms. The Balaban J connectivity index is 2.86. The highest BCUT2D eigenvalue weighted by Gasteiger charge is 2.20. The maximum Gasteiger partial charge on any atom is 0.306 e. The van der Waals surface area contributed by atoms with Crippen molar-refractivity contribution in [2.24, 2.45) is 0 Å². The number of carbonyl (C=O) groups is 1. The van der Waals surface area contributed by atoms with Gasteiger partial charge in [0.1, 0.15) is 10.7 Å². The van der Waals surface area contributed by atoms with Crippen molar-refractivity contribution in [2.75, 3.05) is 12.5 Å². The summed E-state index contributed by atoms with van der Waals surface area (Å²) in [6.45, 7) is 0. The number of benzene rings is 1. The van der Waals surface area contributed by atoms with E-state index in [9.17, 15) is 21.6 Å². The molecule has 1 aromatic carbocycles. The fourth-order valence-corrected chi connectivity index (χ4v) is 3.46. The molecule has 0 aliphatic rings. The van der Waals surface area contributed by atoms with Crippen LogP contribution in [0.1, 0.15) is 10.4 Å². The number of rotatable bonds is 6. The van der Waals surface area contributed by atoms with Crippen molar-refractivity contribution in [1.82, 2.24) is 4.72 Å². The van der Waals surface area contributed by atoms with Gasteiger partial charge in [-0.25, -0.2) is 8.42 Å². The fraction of sp³-hybridized carbons (Fsp3) is 0.300. The SMILES string of the molecule is CS(=O)(=O)NC(Br)C(=O)c1ccc(OS(C)(=O)=O)cc1. The van der Waals surface area contributed by atoms with E-state index in [1.165, 1.54) is 24.3 Å². The van der Waals surface area contributed by atoms with Crippen LogP contribution in [-0.4, -0.2) is 40.1 Å². The van der Waals surface area contributed by atoms with Gasteiger partial charge < -0.3 is 4.18 Å². The number of alkyl halides is 1. The molecular weight excluding hydrogens is 374 g/mol. The summed E-state index contributed by atoms with van der Waals surface area (Å²) in [5.74, 6) is -0.451. The Morgan fingerprint density at radius 3 is 2.05 bits per heavy atom. The maximum atomic E-state index is 11.9. The van der Waals surface area contributed by atoms with Crippen molar-refractivity contribution < 1.29 is 25.8 Å². The first-order valence-corrected chi connectivity index (χ1v) is 9.75. The minimum atomic E-state index is -3.64. The largest absolute Gasteiger partial charge is 0.383 e. The summed E-state index contributed by atoms with van der Waals surface area (Å²) in [5, 5.41) is 0. The summed E-state index contributed by atoms with van der Waals surface area (Å²) in [7, 11) is -7.17. The molecule has 0 heterocycles. The number of hydrogen-bond acceptors (Lipinski definition) is 6. The van der Waals surface area contributed by atoms with Gasteiger partial charge >= 0.3 is 10.1 Å². The third-order valence-electron chi connectivity index (χ3n) is 1.93. The van der Waals surface area contributed by atoms with Crippen molar-refractivity contribution in [3.05, 3.63) is 29.8 Å². The van der Waals surface area contributed by atoms with Crippen LogP contribution in [0.2, 0.25) is 0 Å². The second-order valence-corrected chi connectivity index (χ2v) is 8.20. The smallest absolute Gasteiger partial charge is 0.306 e. The summed E-state index contributed by atoms with van der Waals surface area (Å²) in [4.78, 5) is 10.8. The van der Waals surface area contributed by atoms with Crippen LogP contribution in [0.5, 0.6) is 5.75 Å². The Kier molecular flexibility index (Phi) is 5.30. The fourth-order valence-electron chi connectivity index (χ4n) is 1.24. The van der Waals surface area contributed by atoms with E-state index in [0.29, 0.717) is 0 Å². The molecule has 0 radical (unpaired) electrons. The summed E-state index contributed by atoms with van der Waals surface area (Å²) in [5.41, 5.74) is 0.198. The van der Waals surface area contributed by atoms with Crippen LogP contribution < -0.4 is 8.91 Å². The molecule has 0 saturated heterocycles. The molecule has 1 rings (SSSR count). The first kappa shape index (κ1) is 17.1. The molecule has 0 aliphatic heterocycles. The number of carbonyl (C=O) groups excluding carboxylic acids is 1. The Bertz CT molecular complexity index is 696. The van der Waals surface area contributed by atoms with Crippen LogP contribution in [0.15, 0.2) is 24.3 Å². The molecule has 1 unspecified atom stereocenters. The van der Waals surface area contributed by atoms with Crippen molar-refractivity contribution in [3.63, 3.8) is 0 Å². The molecular formula is C10H12BrNO6S2. The second-order valence-electron chi connectivity index (χ2n) is 3.93. The lowest BCUT2D eigenvalue weighted by molar-refractivity contribution is 0.0987. The molecule has 0 amide bonds. The molecule has 0 fully saturated rings. The third-order valence-corrected chi connectivity index (χ3v) is 4.04. The van der Waals surface area contributed by atoms with E-state index in [1.807, 2.05) is 0 Å². The highest BCUT2D eigenvalue weighted by Crippen LogP contribution is 2.16. The van der Waals surface area contributed by atoms with E-state index in [4.69, 9.17) is 0 Å². The molecule has 112 valence electrons. The van der Waals surface area contributed by atoms with Crippen LogP contribution in [0.25, 0.3) is 0 Å². The molecule has 1 aromatic rings. The first-order chi connectivity index (χ1) is 8.98. The van der Waals surface area contributed by atoms with Crippen LogP contribution >= 0.6 is 15.9 Å². The van der Waals surface area contributed by atoms with Gasteiger partial charge in [0, 0.05) is 5.56 Å². The quantitative estimate of drug-likeness (QED) is 0.330. The van der Waals surface area contributed by atoms with Gasteiger partial charge in [-0.1, -0.05) is 15.9 Å². The predicted molar refractivity (Wildman–Crippen MR) is 76.9 cm³/mol. The Labute approximate surface area is 125 Å². The molecule has 1 N–H and O–H groups in total. The standard InChI is InChI=1S/C10H12BrNO6S2/c1-19(14,15)12-10(11)9(13)7-3-5-8(6-4-7)18-20(2,16)17/h3-6,10,12H,1-2H3. The van der Waals surface area contributed by atoms with Gasteiger partial charge in [-0.15, -0.1) is 0 Å². The summed E-state index contributed by atoms with van der Waals surface area (Å²) in [6.07, 6.45) is 1.83. The van der Waals surface area contributed by atoms with E-state index in [-0.39, 0.29) is 11.3 Å². The number of nitrogens with one attached hydrogen (secondary N) is 1. The Morgan fingerprint density at radius 1 is 1.15 bits per heavy atom. The van der Waals surface area contributed by atoms with E-state index >= 15 is 0 Å². The van der Waals surface area contributed by atoms with Gasteiger partial charge in [-0.3, -0.25) is 4.79 Å². The van der Waals surface area contributed by atoms with Crippen LogP contribution in [0.4, 0.5) is 0 Å². The molecule has 0 bridgehead atoms. The second kappa shape index (κ2) is 6.20. The van der Waals surface area contributed by atoms with Crippen molar-refractivity contribution in [3.8, 4) is 5.75 Å². The van der Waals surface area contributed by atoms with Crippen LogP contribution in [0.3, 0.4) is 0 Å². The number of Topliss-reactive ketones (excluding diaryl/α,β-unsaturated/α-hetero) is 1. The molecule has 20 heavy (non-hydrogen) atoms. The maximum absolute atomic E-state index is 11.9. The number of ketones is 1. The molecule has 7 nitrogen and oxygen atoms in total. The normalized spacial score (nSPS) is 13.8. The third kappa shape index (κ3) is 5.99. The zero-order chi connectivity index (χ0) is 15.6. The first-order valence-electron chi connectivity index (χ1n) is 5.13. The van der Waals surface area contributed by atoms with Crippen LogP contribution in [0, 0.1) is 0 Å². The van der Waals surface area contributed by atoms with Gasteiger partial charge in [-0.2, -0.15) is 13.1 Å². The van der Waals surface area contributed by atoms with Crippen molar-refractivity contribution in [2.45, 2.75) is 4.95 Å². The summed E-state index contributed by atoms with van der Waals surface area (Å²) in [6, 6.07) is 5.27. The highest BCUT2D eigenvalue weighted by atomic mass is 79.9. The number of halogens is 1. The van der Waals surface area contributed by atoms with Gasteiger partial charge in [-0.05, 0) is 24.3 Å². The lowest BCUT2D eigenvalue weighted by Gasteiger charge is -2.10. The topological polar surface area (TPSA) is 107 Å². The molecule has 0 aromatic heterocycles. The Morgan fingerprint density at radius 2 is 1.65 bits per heavy atom. The zero-order valence-corrected chi connectivity index (χ0v) is 13.7. The van der Waals surface area contributed by atoms with Crippen molar-refractivity contribution in [1.29, 1.82) is 0 Å². The molecule has 0 aliphatic carbocycles. The van der Waals surface area contributed by atoms with E-state index in [0.717, 1.165) is 12.5 Å². The molecule has 0 spiro atoms. The highest BCUT2D eigenvalue weighted by molar-refractivity contribution is 9.10. The monoisotopic (exact) mass is 385 g/mol. The van der Waals surface area contributed by atoms with Gasteiger partial charge in [0.2, 0.25) is 10.0 Å². The summed E-state index contributed by atoms with van der Waals surface area (Å²) >= 11 is 2.92. The molecule has 1 atom stereocenters. The van der Waals surface area contributed by atoms with Crippen LogP contribution in [-0.2, 0) is 20.1 Å². The minimum Gasteiger partial charge on any atom is -0.383 e. The minimum absolute atomic E-state index is 0.0613. The van der Waals surface area contributed by atoms with E-state index in [2.05, 4.69) is 24.8 Å². The molecule has 0 saturated carbocycles. The predicted octanol–water partition coefficient (Wildman–Crippen LogP) is 0.478. The zero-order valence-electron chi connectivity index (χ0n) is 10.5. The average Bonchev–Trinajstić information content (AvgIpc) is 2.24. The Hall–Kier alpha value is -0.970. The number of sulfonamides is 1. The van der Waals surface area contributed by atoms with E-state index < -0.39 is 30.9 Å². The van der Waals surface area contributed by atoms with Crippen molar-refractivity contribution >= 4 is 41.9 Å². The van der Waals surface area contributed by atoms with Gasteiger partial charge in [0.25, 0.3) is 0 Å².